The van der Waals surface area contributed by atoms with Crippen molar-refractivity contribution in [1.82, 2.24) is 0 Å². The zero-order valence-corrected chi connectivity index (χ0v) is 43.7. The molecule has 0 saturated heterocycles. The van der Waals surface area contributed by atoms with Gasteiger partial charge in [0.1, 0.15) is 0 Å². The smallest absolute Gasteiger partial charge is 0.0810 e. The van der Waals surface area contributed by atoms with Crippen molar-refractivity contribution < 1.29 is 32.7 Å². The summed E-state index contributed by atoms with van der Waals surface area (Å²) >= 11 is 0. The average Bonchev–Trinajstić information content (AvgIpc) is 2.82. The van der Waals surface area contributed by atoms with Gasteiger partial charge in [-0.25, -0.2) is 0 Å². The molecule has 0 bridgehead atoms. The highest BCUT2D eigenvalue weighted by Crippen LogP contribution is 2.23. The van der Waals surface area contributed by atoms with Crippen LogP contribution >= 0.6 is 7.82 Å². The predicted molar refractivity (Wildman–Crippen MR) is 245 cm³/mol. The Morgan fingerprint density at radius 2 is 0.304 bits per heavy atom. The normalized spacial score (nSPS) is 13.3. The molecular weight excluding hydrogens is 714 g/mol. The minimum atomic E-state index is -5.39. The lowest BCUT2D eigenvalue weighted by atomic mass is 10.0. The maximum absolute atomic E-state index is 8.55. The summed E-state index contributed by atoms with van der Waals surface area (Å²) in [6.45, 7) is 73.0. The summed E-state index contributed by atoms with van der Waals surface area (Å²) in [4.78, 5) is 25.6. The lowest BCUT2D eigenvalue weighted by molar-refractivity contribution is -0.938. The Hall–Kier alpha value is -0.0100. The molecule has 0 aliphatic rings. The summed E-state index contributed by atoms with van der Waals surface area (Å²) in [7, 11) is -5.39. The topological polar surface area (TPSA) is 86.2 Å². The third-order valence-corrected chi connectivity index (χ3v) is 9.03. The molecule has 0 radical (unpaired) electrons. The molecule has 0 N–H and O–H groups in total. The summed E-state index contributed by atoms with van der Waals surface area (Å²) in [5.74, 6) is 9.57. The van der Waals surface area contributed by atoms with Crippen LogP contribution in [0.3, 0.4) is 0 Å². The van der Waals surface area contributed by atoms with Crippen LogP contribution in [0.2, 0.25) is 0 Å². The summed E-state index contributed by atoms with van der Waals surface area (Å²) in [5, 5.41) is 0. The van der Waals surface area contributed by atoms with E-state index in [-0.39, 0.29) is 0 Å². The zero-order valence-electron chi connectivity index (χ0n) is 42.8. The van der Waals surface area contributed by atoms with Crippen molar-refractivity contribution in [3.63, 3.8) is 0 Å². The van der Waals surface area contributed by atoms with E-state index in [4.69, 9.17) is 19.2 Å². The van der Waals surface area contributed by atoms with E-state index in [1.165, 1.54) is 92.0 Å². The monoisotopic (exact) mass is 822 g/mol. The fourth-order valence-electron chi connectivity index (χ4n) is 10.6. The molecule has 8 heteroatoms. The van der Waals surface area contributed by atoms with E-state index in [1.54, 1.807) is 0 Å². The molecule has 0 saturated carbocycles. The fourth-order valence-corrected chi connectivity index (χ4v) is 10.6. The quantitative estimate of drug-likeness (QED) is 0.0717. The molecule has 7 nitrogen and oxygen atoms in total. The number of nitrogens with zero attached hydrogens (tertiary/aromatic N) is 3. The number of rotatable bonds is 24. The Kier molecular flexibility index (Phi) is 34.6. The Bertz CT molecular complexity index is 703. The minimum Gasteiger partial charge on any atom is -0.822 e. The lowest BCUT2D eigenvalue weighted by Gasteiger charge is -2.44. The highest BCUT2D eigenvalue weighted by Gasteiger charge is 2.33. The van der Waals surface area contributed by atoms with Crippen LogP contribution in [0.25, 0.3) is 0 Å². The van der Waals surface area contributed by atoms with Gasteiger partial charge >= 0.3 is 0 Å². The maximum atomic E-state index is 8.55. The van der Waals surface area contributed by atoms with Gasteiger partial charge in [0.05, 0.1) is 78.5 Å². The van der Waals surface area contributed by atoms with Crippen LogP contribution in [-0.4, -0.2) is 92.0 Å². The lowest BCUT2D eigenvalue weighted by Crippen LogP contribution is -2.56. The molecule has 0 rings (SSSR count). The average molecular weight is 822 g/mol. The SMILES string of the molecule is CC(C)C[N+](CC(C)C)(CC(C)C)CC(C)C.CC(C)C[N+](CC(C)C)(CC(C)C)CC(C)C.CC(C)C[N+](CC(C)C)(CC(C)C)CC(C)C.O=P([O-])([O-])[O-]. The number of phosphoric acid groups is 1. The second-order valence-corrected chi connectivity index (χ2v) is 24.3. The van der Waals surface area contributed by atoms with Crippen molar-refractivity contribution in [2.75, 3.05) is 78.5 Å². The first-order chi connectivity index (χ1) is 25.0. The molecule has 344 valence electrons. The minimum absolute atomic E-state index is 0.797. The molecule has 0 aromatic rings. The molecular formula is C48H108N3O4P. The van der Waals surface area contributed by atoms with Crippen LogP contribution in [0.4, 0.5) is 0 Å². The van der Waals surface area contributed by atoms with Crippen molar-refractivity contribution in [1.29, 1.82) is 0 Å². The van der Waals surface area contributed by atoms with E-state index in [9.17, 15) is 0 Å². The number of hydrogen-bond donors (Lipinski definition) is 0. The van der Waals surface area contributed by atoms with Gasteiger partial charge in [-0.15, -0.1) is 0 Å². The van der Waals surface area contributed by atoms with Crippen molar-refractivity contribution in [3.8, 4) is 0 Å². The second kappa shape index (κ2) is 30.9. The number of hydrogen-bond acceptors (Lipinski definition) is 4. The van der Waals surface area contributed by atoms with Gasteiger partial charge in [0.25, 0.3) is 0 Å². The third-order valence-electron chi connectivity index (χ3n) is 9.03. The molecule has 0 aliphatic heterocycles. The molecule has 0 atom stereocenters. The summed E-state index contributed by atoms with van der Waals surface area (Å²) in [5.41, 5.74) is 0. The summed E-state index contributed by atoms with van der Waals surface area (Å²) in [6, 6.07) is 0. The van der Waals surface area contributed by atoms with Gasteiger partial charge in [-0.1, -0.05) is 166 Å². The third kappa shape index (κ3) is 42.1. The maximum Gasteiger partial charge on any atom is 0.0810 e. The predicted octanol–water partition coefficient (Wildman–Crippen LogP) is 10.5. The van der Waals surface area contributed by atoms with Gasteiger partial charge in [-0.2, -0.15) is 7.82 Å². The van der Waals surface area contributed by atoms with Crippen molar-refractivity contribution in [2.45, 2.75) is 166 Å². The van der Waals surface area contributed by atoms with E-state index in [0.29, 0.717) is 0 Å². The van der Waals surface area contributed by atoms with Crippen LogP contribution in [-0.2, 0) is 4.57 Å². The molecule has 0 amide bonds. The Morgan fingerprint density at radius 3 is 0.339 bits per heavy atom. The van der Waals surface area contributed by atoms with Crippen molar-refractivity contribution >= 4 is 7.82 Å². The van der Waals surface area contributed by atoms with E-state index in [2.05, 4.69) is 166 Å². The molecule has 0 fully saturated rings. The van der Waals surface area contributed by atoms with Crippen LogP contribution in [0, 0.1) is 71.0 Å². The molecule has 56 heavy (non-hydrogen) atoms. The molecule has 0 aromatic carbocycles. The van der Waals surface area contributed by atoms with E-state index in [0.717, 1.165) is 71.0 Å². The molecule has 0 unspecified atom stereocenters. The zero-order chi connectivity index (χ0) is 45.4. The number of quaternary nitrogens is 3. The summed E-state index contributed by atoms with van der Waals surface area (Å²) in [6.07, 6.45) is 0. The van der Waals surface area contributed by atoms with Crippen molar-refractivity contribution in [3.05, 3.63) is 0 Å². The van der Waals surface area contributed by atoms with Crippen LogP contribution < -0.4 is 14.7 Å². The second-order valence-electron chi connectivity index (χ2n) is 23.4. The van der Waals surface area contributed by atoms with Crippen LogP contribution in [0.1, 0.15) is 166 Å². The molecule has 0 aliphatic carbocycles. The van der Waals surface area contributed by atoms with Gasteiger partial charge in [-0.3, -0.25) is 0 Å². The fraction of sp³-hybridized carbons (Fsp3) is 1.00. The van der Waals surface area contributed by atoms with Gasteiger partial charge in [0.2, 0.25) is 0 Å². The Balaban J connectivity index is -0.000000340. The van der Waals surface area contributed by atoms with Gasteiger partial charge in [0.15, 0.2) is 0 Å². The summed E-state index contributed by atoms with van der Waals surface area (Å²) < 4.78 is 12.5. The van der Waals surface area contributed by atoms with E-state index < -0.39 is 7.82 Å². The Morgan fingerprint density at radius 1 is 0.250 bits per heavy atom. The first-order valence-electron chi connectivity index (χ1n) is 23.3. The van der Waals surface area contributed by atoms with Crippen LogP contribution in [0.15, 0.2) is 0 Å². The van der Waals surface area contributed by atoms with Crippen molar-refractivity contribution in [2.24, 2.45) is 71.0 Å². The van der Waals surface area contributed by atoms with E-state index in [1.807, 2.05) is 0 Å². The molecule has 0 spiro atoms. The largest absolute Gasteiger partial charge is 0.822 e. The van der Waals surface area contributed by atoms with Gasteiger partial charge in [0, 0.05) is 71.0 Å². The Labute approximate surface area is 355 Å². The highest BCUT2D eigenvalue weighted by atomic mass is 31.2. The standard InChI is InChI=1S/3C16H36N.H3O4P/c3*1-13(2)9-17(10-14(3)4,11-15(5)6)12-16(7)8;1-5(2,3)4/h3*13-16H,9-12H2,1-8H3;(H3,1,2,3,4)/q3*+1;/p-3. The first-order valence-corrected chi connectivity index (χ1v) is 24.7. The molecule has 0 heterocycles. The van der Waals surface area contributed by atoms with Gasteiger partial charge < -0.3 is 32.7 Å². The first kappa shape index (κ1) is 62.6. The van der Waals surface area contributed by atoms with Crippen LogP contribution in [0.5, 0.6) is 0 Å². The van der Waals surface area contributed by atoms with Gasteiger partial charge in [-0.05, 0) is 0 Å². The highest BCUT2D eigenvalue weighted by molar-refractivity contribution is 7.40. The molecule has 0 aromatic heterocycles. The van der Waals surface area contributed by atoms with E-state index >= 15 is 0 Å².